The molecule has 7 heteroatoms. The number of carbonyl (C=O) groups is 1. The molecule has 0 radical (unpaired) electrons. The maximum atomic E-state index is 11.7. The van der Waals surface area contributed by atoms with Gasteiger partial charge in [-0.1, -0.05) is 4.49 Å². The van der Waals surface area contributed by atoms with E-state index in [1.54, 1.807) is 6.92 Å². The van der Waals surface area contributed by atoms with Gasteiger partial charge in [0.05, 0.1) is 11.6 Å². The molecule has 0 unspecified atom stereocenters. The van der Waals surface area contributed by atoms with E-state index in [2.05, 4.69) is 14.9 Å². The Morgan fingerprint density at radius 2 is 2.36 bits per heavy atom. The van der Waals surface area contributed by atoms with Crippen LogP contribution in [0.3, 0.4) is 0 Å². The molecule has 0 bridgehead atoms. The molecule has 4 nitrogen and oxygen atoms in total. The van der Waals surface area contributed by atoms with Crippen LogP contribution in [0.5, 0.6) is 0 Å². The van der Waals surface area contributed by atoms with Crippen LogP contribution >= 0.6 is 34.7 Å². The van der Waals surface area contributed by atoms with Crippen LogP contribution in [0.25, 0.3) is 0 Å². The van der Waals surface area contributed by atoms with Crippen LogP contribution in [0.2, 0.25) is 0 Å². The molecule has 0 saturated heterocycles. The molecule has 0 spiro atoms. The fourth-order valence-corrected chi connectivity index (χ4v) is 2.24. The van der Waals surface area contributed by atoms with Crippen molar-refractivity contribution in [1.29, 1.82) is 0 Å². The van der Waals surface area contributed by atoms with Crippen LogP contribution in [-0.4, -0.2) is 19.8 Å². The average molecular weight is 252 g/mol. The molecule has 1 aromatic heterocycles. The van der Waals surface area contributed by atoms with Gasteiger partial charge < -0.3 is 5.32 Å². The summed E-state index contributed by atoms with van der Waals surface area (Å²) in [6, 6.07) is 0. The van der Waals surface area contributed by atoms with Crippen LogP contribution in [0, 0.1) is 5.41 Å². The second-order valence-corrected chi connectivity index (χ2v) is 5.72. The van der Waals surface area contributed by atoms with Crippen molar-refractivity contribution >= 4 is 45.6 Å². The maximum Gasteiger partial charge on any atom is 0.234 e. The van der Waals surface area contributed by atoms with Crippen molar-refractivity contribution in [3.63, 3.8) is 0 Å². The van der Waals surface area contributed by atoms with Gasteiger partial charge in [0, 0.05) is 11.5 Å². The zero-order valence-corrected chi connectivity index (χ0v) is 9.58. The van der Waals surface area contributed by atoms with E-state index in [0.29, 0.717) is 11.4 Å². The minimum atomic E-state index is -0.935. The van der Waals surface area contributed by atoms with Gasteiger partial charge in [0.1, 0.15) is 9.33 Å². The van der Waals surface area contributed by atoms with Crippen molar-refractivity contribution < 1.29 is 4.79 Å². The van der Waals surface area contributed by atoms with Gasteiger partial charge in [-0.15, -0.1) is 28.3 Å². The zero-order chi connectivity index (χ0) is 10.4. The summed E-state index contributed by atoms with van der Waals surface area (Å²) < 4.78 is 2.69. The summed E-state index contributed by atoms with van der Waals surface area (Å²) in [7, 11) is 0. The normalized spacial score (nSPS) is 28.5. The second kappa shape index (κ2) is 3.05. The van der Waals surface area contributed by atoms with Crippen LogP contribution in [0.1, 0.15) is 13.3 Å². The van der Waals surface area contributed by atoms with E-state index in [-0.39, 0.29) is 5.91 Å². The lowest BCUT2D eigenvalue weighted by molar-refractivity contribution is -0.120. The number of hydrogen-bond acceptors (Lipinski definition) is 4. The fourth-order valence-electron chi connectivity index (χ4n) is 1.12. The van der Waals surface area contributed by atoms with Crippen LogP contribution in [0.15, 0.2) is 6.20 Å². The molecule has 2 rings (SSSR count). The summed E-state index contributed by atoms with van der Waals surface area (Å²) in [4.78, 5) is 11.7. The molecule has 0 aromatic carbocycles. The quantitative estimate of drug-likeness (QED) is 0.819. The molecule has 1 fully saturated rings. The van der Waals surface area contributed by atoms with Gasteiger partial charge >= 0.3 is 0 Å². The van der Waals surface area contributed by atoms with E-state index in [1.165, 1.54) is 6.20 Å². The molecule has 1 aliphatic rings. The summed E-state index contributed by atoms with van der Waals surface area (Å²) in [5.74, 6) is -0.187. The van der Waals surface area contributed by atoms with E-state index in [4.69, 9.17) is 23.2 Å². The van der Waals surface area contributed by atoms with Crippen LogP contribution in [0.4, 0.5) is 5.00 Å². The Bertz CT molecular complexity index is 367. The van der Waals surface area contributed by atoms with E-state index in [9.17, 15) is 4.79 Å². The lowest BCUT2D eigenvalue weighted by atomic mass is 10.1. The molecule has 1 aromatic rings. The Morgan fingerprint density at radius 1 is 1.71 bits per heavy atom. The molecule has 0 aliphatic heterocycles. The van der Waals surface area contributed by atoms with E-state index in [1.807, 2.05) is 0 Å². The third kappa shape index (κ3) is 1.49. The van der Waals surface area contributed by atoms with Crippen molar-refractivity contribution in [2.45, 2.75) is 17.7 Å². The van der Waals surface area contributed by atoms with E-state index < -0.39 is 9.75 Å². The topological polar surface area (TPSA) is 54.9 Å². The van der Waals surface area contributed by atoms with Gasteiger partial charge in [0.25, 0.3) is 0 Å². The third-order valence-electron chi connectivity index (χ3n) is 2.36. The molecule has 1 N–H and O–H groups in total. The summed E-state index contributed by atoms with van der Waals surface area (Å²) in [5.41, 5.74) is -0.694. The summed E-state index contributed by atoms with van der Waals surface area (Å²) in [5, 5.41) is 6.87. The Morgan fingerprint density at radius 3 is 2.79 bits per heavy atom. The van der Waals surface area contributed by atoms with Crippen LogP contribution in [-0.2, 0) is 4.79 Å². The first-order chi connectivity index (χ1) is 6.46. The van der Waals surface area contributed by atoms with E-state index in [0.717, 1.165) is 11.5 Å². The lowest BCUT2D eigenvalue weighted by Gasteiger charge is -2.10. The molecule has 76 valence electrons. The number of nitrogens with zero attached hydrogens (tertiary/aromatic N) is 2. The lowest BCUT2D eigenvalue weighted by Crippen LogP contribution is -2.25. The predicted octanol–water partition coefficient (Wildman–Crippen LogP) is 2.06. The monoisotopic (exact) mass is 251 g/mol. The summed E-state index contributed by atoms with van der Waals surface area (Å²) >= 11 is 12.8. The minimum Gasteiger partial charge on any atom is -0.315 e. The van der Waals surface area contributed by atoms with Crippen molar-refractivity contribution in [3.8, 4) is 0 Å². The molecule has 1 aliphatic carbocycles. The molecule has 14 heavy (non-hydrogen) atoms. The minimum absolute atomic E-state index is 0.187. The summed E-state index contributed by atoms with van der Waals surface area (Å²) in [6.45, 7) is 1.73. The highest BCUT2D eigenvalue weighted by Crippen LogP contribution is 2.64. The summed E-state index contributed by atoms with van der Waals surface area (Å²) in [6.07, 6.45) is 1.96. The SMILES string of the molecule is C[C@@]1(C(=O)Nc2cnns2)CC1(Cl)Cl. The van der Waals surface area contributed by atoms with Crippen molar-refractivity contribution in [1.82, 2.24) is 9.59 Å². The number of nitrogens with one attached hydrogen (secondary N) is 1. The Labute approximate surface area is 94.8 Å². The first-order valence-electron chi connectivity index (χ1n) is 3.92. The van der Waals surface area contributed by atoms with Gasteiger partial charge in [-0.05, 0) is 13.3 Å². The standard InChI is InChI=1S/C7H7Cl2N3OS/c1-6(3-7(6,8)9)5(13)11-4-2-10-12-14-4/h2H,3H2,1H3,(H,11,13)/t6-/m0/s1. The largest absolute Gasteiger partial charge is 0.315 e. The number of alkyl halides is 2. The second-order valence-electron chi connectivity index (χ2n) is 3.45. The van der Waals surface area contributed by atoms with Gasteiger partial charge in [-0.25, -0.2) is 0 Å². The average Bonchev–Trinajstić information content (AvgIpc) is 2.54. The van der Waals surface area contributed by atoms with Crippen molar-refractivity contribution in [2.75, 3.05) is 5.32 Å². The molecule has 1 amide bonds. The van der Waals surface area contributed by atoms with Gasteiger partial charge in [0.15, 0.2) is 0 Å². The molecule has 1 saturated carbocycles. The predicted molar refractivity (Wildman–Crippen MR) is 55.7 cm³/mol. The zero-order valence-electron chi connectivity index (χ0n) is 7.25. The highest BCUT2D eigenvalue weighted by Gasteiger charge is 2.67. The third-order valence-corrected chi connectivity index (χ3v) is 4.04. The molecule has 1 heterocycles. The smallest absolute Gasteiger partial charge is 0.234 e. The van der Waals surface area contributed by atoms with Crippen LogP contribution < -0.4 is 5.32 Å². The van der Waals surface area contributed by atoms with E-state index >= 15 is 0 Å². The number of carbonyl (C=O) groups excluding carboxylic acids is 1. The number of halogens is 2. The number of anilines is 1. The Kier molecular flexibility index (Phi) is 2.21. The highest BCUT2D eigenvalue weighted by molar-refractivity contribution is 7.10. The maximum absolute atomic E-state index is 11.7. The van der Waals surface area contributed by atoms with Gasteiger partial charge in [-0.2, -0.15) is 0 Å². The number of aromatic nitrogens is 2. The molecular formula is C7H7Cl2N3OS. The number of rotatable bonds is 2. The Hall–Kier alpha value is -0.390. The molecule has 1 atom stereocenters. The van der Waals surface area contributed by atoms with Gasteiger partial charge in [-0.3, -0.25) is 4.79 Å². The number of hydrogen-bond donors (Lipinski definition) is 1. The molecular weight excluding hydrogens is 245 g/mol. The Balaban J connectivity index is 2.05. The van der Waals surface area contributed by atoms with Gasteiger partial charge in [0.2, 0.25) is 5.91 Å². The first-order valence-corrected chi connectivity index (χ1v) is 5.45. The highest BCUT2D eigenvalue weighted by atomic mass is 35.5. The fraction of sp³-hybridized carbons (Fsp3) is 0.571. The van der Waals surface area contributed by atoms with Crippen molar-refractivity contribution in [3.05, 3.63) is 6.20 Å². The van der Waals surface area contributed by atoms with Crippen molar-refractivity contribution in [2.24, 2.45) is 5.41 Å². The first kappa shape index (κ1) is 10.1. The number of amides is 1.